The largest absolute Gasteiger partial charge is 0.315 e. The summed E-state index contributed by atoms with van der Waals surface area (Å²) in [6.07, 6.45) is 3.10. The van der Waals surface area contributed by atoms with Crippen LogP contribution in [0.5, 0.6) is 0 Å². The number of hydrogen-bond donors (Lipinski definition) is 2. The third kappa shape index (κ3) is 3.66. The van der Waals surface area contributed by atoms with Crippen LogP contribution in [-0.4, -0.2) is 44.9 Å². The van der Waals surface area contributed by atoms with Crippen LogP contribution in [-0.2, 0) is 10.2 Å². The lowest BCUT2D eigenvalue weighted by Gasteiger charge is -2.35. The Morgan fingerprint density at radius 3 is 2.44 bits per heavy atom. The van der Waals surface area contributed by atoms with Crippen molar-refractivity contribution in [1.29, 1.82) is 0 Å². The van der Waals surface area contributed by atoms with Crippen molar-refractivity contribution >= 4 is 10.2 Å². The number of hydrogen-bond acceptors (Lipinski definition) is 3. The number of piperidine rings is 2. The van der Waals surface area contributed by atoms with Crippen LogP contribution in [0.1, 0.15) is 33.1 Å². The molecule has 0 aromatic carbocycles. The van der Waals surface area contributed by atoms with Crippen molar-refractivity contribution < 1.29 is 8.42 Å². The predicted molar refractivity (Wildman–Crippen MR) is 72.5 cm³/mol. The van der Waals surface area contributed by atoms with E-state index in [2.05, 4.69) is 23.9 Å². The van der Waals surface area contributed by atoms with E-state index < -0.39 is 10.2 Å². The molecule has 2 N–H and O–H groups in total. The lowest BCUT2D eigenvalue weighted by Crippen LogP contribution is -2.53. The van der Waals surface area contributed by atoms with E-state index in [0.717, 1.165) is 32.4 Å². The molecule has 2 saturated heterocycles. The molecule has 2 rings (SSSR count). The summed E-state index contributed by atoms with van der Waals surface area (Å²) in [4.78, 5) is 0. The van der Waals surface area contributed by atoms with Crippen molar-refractivity contribution in [3.8, 4) is 0 Å². The molecule has 18 heavy (non-hydrogen) atoms. The Morgan fingerprint density at radius 1 is 1.22 bits per heavy atom. The van der Waals surface area contributed by atoms with Crippen molar-refractivity contribution in [2.24, 2.45) is 11.8 Å². The van der Waals surface area contributed by atoms with Gasteiger partial charge in [-0.25, -0.2) is 0 Å². The summed E-state index contributed by atoms with van der Waals surface area (Å²) >= 11 is 0. The second kappa shape index (κ2) is 5.86. The topological polar surface area (TPSA) is 61.4 Å². The van der Waals surface area contributed by atoms with Gasteiger partial charge in [0, 0.05) is 25.7 Å². The van der Waals surface area contributed by atoms with Crippen molar-refractivity contribution in [1.82, 2.24) is 14.3 Å². The van der Waals surface area contributed by atoms with Gasteiger partial charge in [-0.15, -0.1) is 0 Å². The highest BCUT2D eigenvalue weighted by molar-refractivity contribution is 7.87. The molecular formula is C12H25N3O2S. The minimum atomic E-state index is -3.31. The minimum absolute atomic E-state index is 0.0521. The zero-order valence-corrected chi connectivity index (χ0v) is 12.2. The Morgan fingerprint density at radius 2 is 1.89 bits per heavy atom. The summed E-state index contributed by atoms with van der Waals surface area (Å²) in [7, 11) is -3.31. The molecule has 0 saturated carbocycles. The van der Waals surface area contributed by atoms with Gasteiger partial charge < -0.3 is 5.32 Å². The van der Waals surface area contributed by atoms with Crippen LogP contribution in [0.4, 0.5) is 0 Å². The normalized spacial score (nSPS) is 35.6. The van der Waals surface area contributed by atoms with Gasteiger partial charge in [-0.05, 0) is 37.6 Å². The van der Waals surface area contributed by atoms with E-state index in [1.54, 1.807) is 4.31 Å². The summed E-state index contributed by atoms with van der Waals surface area (Å²) in [5, 5.41) is 3.23. The molecule has 2 fully saturated rings. The van der Waals surface area contributed by atoms with Gasteiger partial charge in [0.05, 0.1) is 0 Å². The van der Waals surface area contributed by atoms with Gasteiger partial charge in [-0.3, -0.25) is 0 Å². The third-order valence-electron chi connectivity index (χ3n) is 3.79. The second-order valence-electron chi connectivity index (χ2n) is 5.93. The molecule has 2 aliphatic rings. The maximum absolute atomic E-state index is 12.3. The molecule has 106 valence electrons. The van der Waals surface area contributed by atoms with E-state index in [9.17, 15) is 8.42 Å². The molecule has 0 aromatic heterocycles. The molecule has 0 aliphatic carbocycles. The summed E-state index contributed by atoms with van der Waals surface area (Å²) in [6.45, 7) is 7.30. The van der Waals surface area contributed by atoms with E-state index in [1.165, 1.54) is 0 Å². The molecule has 3 atom stereocenters. The van der Waals surface area contributed by atoms with Crippen LogP contribution in [0.25, 0.3) is 0 Å². The fourth-order valence-electron chi connectivity index (χ4n) is 3.04. The lowest BCUT2D eigenvalue weighted by atomic mass is 9.94. The van der Waals surface area contributed by atoms with Crippen LogP contribution >= 0.6 is 0 Å². The Balaban J connectivity index is 1.96. The second-order valence-corrected chi connectivity index (χ2v) is 7.63. The molecule has 0 bridgehead atoms. The molecule has 0 aromatic rings. The van der Waals surface area contributed by atoms with Crippen LogP contribution in [0.3, 0.4) is 0 Å². The van der Waals surface area contributed by atoms with E-state index in [1.807, 2.05) is 0 Å². The average molecular weight is 275 g/mol. The van der Waals surface area contributed by atoms with Gasteiger partial charge >= 0.3 is 0 Å². The summed E-state index contributed by atoms with van der Waals surface area (Å²) in [5.74, 6) is 0.907. The molecule has 6 heteroatoms. The van der Waals surface area contributed by atoms with E-state index >= 15 is 0 Å². The smallest absolute Gasteiger partial charge is 0.279 e. The summed E-state index contributed by atoms with van der Waals surface area (Å²) < 4.78 is 29.1. The summed E-state index contributed by atoms with van der Waals surface area (Å²) in [5.41, 5.74) is 0. The molecule has 2 heterocycles. The van der Waals surface area contributed by atoms with Crippen LogP contribution in [0, 0.1) is 11.8 Å². The standard InChI is InChI=1S/C12H25N3O2S/c1-10-6-11(2)9-15(8-10)18(16,17)14-12-4-3-5-13-7-12/h10-14H,3-9H2,1-2H3/t10?,11?,12-/m0/s1. The van der Waals surface area contributed by atoms with E-state index in [4.69, 9.17) is 0 Å². The van der Waals surface area contributed by atoms with Crippen molar-refractivity contribution in [3.05, 3.63) is 0 Å². The first-order valence-electron chi connectivity index (χ1n) is 6.95. The zero-order chi connectivity index (χ0) is 13.2. The molecule has 0 radical (unpaired) electrons. The Kier molecular flexibility index (Phi) is 4.64. The fourth-order valence-corrected chi connectivity index (χ4v) is 4.71. The van der Waals surface area contributed by atoms with Gasteiger partial charge in [0.1, 0.15) is 0 Å². The highest BCUT2D eigenvalue weighted by atomic mass is 32.2. The SMILES string of the molecule is CC1CC(C)CN(S(=O)(=O)N[C@H]2CCCNC2)C1. The molecule has 2 aliphatic heterocycles. The highest BCUT2D eigenvalue weighted by Gasteiger charge is 2.32. The maximum Gasteiger partial charge on any atom is 0.279 e. The summed E-state index contributed by atoms with van der Waals surface area (Å²) in [6, 6.07) is 0.0521. The monoisotopic (exact) mass is 275 g/mol. The number of nitrogens with zero attached hydrogens (tertiary/aromatic N) is 1. The van der Waals surface area contributed by atoms with E-state index in [0.29, 0.717) is 24.9 Å². The first kappa shape index (κ1) is 14.2. The van der Waals surface area contributed by atoms with Gasteiger partial charge in [0.25, 0.3) is 10.2 Å². The number of nitrogens with one attached hydrogen (secondary N) is 2. The highest BCUT2D eigenvalue weighted by Crippen LogP contribution is 2.23. The van der Waals surface area contributed by atoms with E-state index in [-0.39, 0.29) is 6.04 Å². The van der Waals surface area contributed by atoms with Crippen LogP contribution in [0.15, 0.2) is 0 Å². The quantitative estimate of drug-likeness (QED) is 0.791. The first-order valence-corrected chi connectivity index (χ1v) is 8.39. The molecule has 0 amide bonds. The van der Waals surface area contributed by atoms with Crippen molar-refractivity contribution in [2.45, 2.75) is 39.2 Å². The Bertz CT molecular complexity index is 356. The Hall–Kier alpha value is -0.170. The third-order valence-corrected chi connectivity index (χ3v) is 5.40. The van der Waals surface area contributed by atoms with Gasteiger partial charge in [0.2, 0.25) is 0 Å². The Labute approximate surface area is 110 Å². The molecule has 2 unspecified atom stereocenters. The maximum atomic E-state index is 12.3. The van der Waals surface area contributed by atoms with Crippen LogP contribution < -0.4 is 10.0 Å². The molecule has 5 nitrogen and oxygen atoms in total. The van der Waals surface area contributed by atoms with Gasteiger partial charge in [0.15, 0.2) is 0 Å². The number of rotatable bonds is 3. The van der Waals surface area contributed by atoms with Crippen molar-refractivity contribution in [2.75, 3.05) is 26.2 Å². The average Bonchev–Trinajstić information content (AvgIpc) is 2.28. The van der Waals surface area contributed by atoms with Gasteiger partial charge in [-0.1, -0.05) is 13.8 Å². The zero-order valence-electron chi connectivity index (χ0n) is 11.4. The first-order chi connectivity index (χ1) is 8.47. The van der Waals surface area contributed by atoms with Crippen molar-refractivity contribution in [3.63, 3.8) is 0 Å². The molecule has 0 spiro atoms. The predicted octanol–water partition coefficient (Wildman–Crippen LogP) is 0.551. The fraction of sp³-hybridized carbons (Fsp3) is 1.00. The van der Waals surface area contributed by atoms with Gasteiger partial charge in [-0.2, -0.15) is 17.4 Å². The minimum Gasteiger partial charge on any atom is -0.315 e. The van der Waals surface area contributed by atoms with Crippen LogP contribution in [0.2, 0.25) is 0 Å². The lowest BCUT2D eigenvalue weighted by molar-refractivity contribution is 0.219. The molecular weight excluding hydrogens is 250 g/mol.